The van der Waals surface area contributed by atoms with Crippen molar-refractivity contribution in [1.29, 1.82) is 0 Å². The molecule has 0 atom stereocenters. The Bertz CT molecular complexity index is 626. The Morgan fingerprint density at radius 1 is 1.00 bits per heavy atom. The van der Waals surface area contributed by atoms with E-state index in [1.165, 1.54) is 0 Å². The van der Waals surface area contributed by atoms with Crippen LogP contribution in [0.15, 0.2) is 45.3 Å². The second kappa shape index (κ2) is 6.27. The van der Waals surface area contributed by atoms with Crippen molar-refractivity contribution in [3.63, 3.8) is 0 Å². The van der Waals surface area contributed by atoms with Crippen molar-refractivity contribution in [2.24, 2.45) is 0 Å². The van der Waals surface area contributed by atoms with Gasteiger partial charge in [0.2, 0.25) is 0 Å². The normalized spacial score (nSPS) is 10.3. The second-order valence-corrected chi connectivity index (χ2v) is 6.38. The second-order valence-electron chi connectivity index (χ2n) is 3.74. The molecule has 2 aromatic carbocycles. The minimum atomic E-state index is -0.244. The van der Waals surface area contributed by atoms with Crippen LogP contribution in [0.1, 0.15) is 10.4 Å². The molecule has 2 nitrogen and oxygen atoms in total. The van der Waals surface area contributed by atoms with Gasteiger partial charge in [-0.1, -0.05) is 39.1 Å². The monoisotopic (exact) mass is 421 g/mol. The number of hydrogen-bond donors (Lipinski definition) is 1. The predicted molar refractivity (Wildman–Crippen MR) is 86.3 cm³/mol. The standard InChI is InChI=1S/C13H7Br2Cl2NO/c14-8-3-7(4-10(17)5-8)13(19)18-12-2-1-9(16)6-11(12)15/h1-6H,(H,18,19). The molecule has 2 aromatic rings. The van der Waals surface area contributed by atoms with Gasteiger partial charge in [-0.05, 0) is 52.3 Å². The van der Waals surface area contributed by atoms with Crippen LogP contribution in [-0.2, 0) is 0 Å². The molecule has 0 unspecified atom stereocenters. The molecule has 2 rings (SSSR count). The van der Waals surface area contributed by atoms with Gasteiger partial charge in [0.05, 0.1) is 5.69 Å². The quantitative estimate of drug-likeness (QED) is 0.652. The third kappa shape index (κ3) is 3.96. The summed E-state index contributed by atoms with van der Waals surface area (Å²) in [6, 6.07) is 10.2. The fraction of sp³-hybridized carbons (Fsp3) is 0. The van der Waals surface area contributed by atoms with Crippen molar-refractivity contribution >= 4 is 66.7 Å². The van der Waals surface area contributed by atoms with Crippen LogP contribution in [0.5, 0.6) is 0 Å². The summed E-state index contributed by atoms with van der Waals surface area (Å²) in [5.41, 5.74) is 1.12. The molecule has 0 spiro atoms. The first-order chi connectivity index (χ1) is 8.95. The van der Waals surface area contributed by atoms with Crippen molar-refractivity contribution in [1.82, 2.24) is 0 Å². The molecule has 1 amide bonds. The molecule has 0 radical (unpaired) electrons. The van der Waals surface area contributed by atoms with E-state index in [1.807, 2.05) is 0 Å². The molecule has 0 saturated heterocycles. The highest BCUT2D eigenvalue weighted by Crippen LogP contribution is 2.27. The Hall–Kier alpha value is -0.550. The first-order valence-electron chi connectivity index (χ1n) is 5.18. The van der Waals surface area contributed by atoms with Crippen molar-refractivity contribution in [3.8, 4) is 0 Å². The van der Waals surface area contributed by atoms with E-state index in [4.69, 9.17) is 23.2 Å². The SMILES string of the molecule is O=C(Nc1ccc(Cl)cc1Br)c1cc(Cl)cc(Br)c1. The highest BCUT2D eigenvalue weighted by Gasteiger charge is 2.10. The molecular formula is C13H7Br2Cl2NO. The molecule has 0 heterocycles. The maximum Gasteiger partial charge on any atom is 0.255 e. The predicted octanol–water partition coefficient (Wildman–Crippen LogP) is 5.77. The number of benzene rings is 2. The van der Waals surface area contributed by atoms with Crippen LogP contribution in [-0.4, -0.2) is 5.91 Å². The Morgan fingerprint density at radius 2 is 1.74 bits per heavy atom. The molecule has 6 heteroatoms. The van der Waals surface area contributed by atoms with E-state index in [-0.39, 0.29) is 5.91 Å². The number of anilines is 1. The van der Waals surface area contributed by atoms with E-state index in [0.717, 1.165) is 8.95 Å². The topological polar surface area (TPSA) is 29.1 Å². The van der Waals surface area contributed by atoms with Gasteiger partial charge in [0.25, 0.3) is 5.91 Å². The van der Waals surface area contributed by atoms with Crippen LogP contribution >= 0.6 is 55.1 Å². The zero-order valence-corrected chi connectivity index (χ0v) is 14.1. The fourth-order valence-electron chi connectivity index (χ4n) is 1.47. The summed E-state index contributed by atoms with van der Waals surface area (Å²) in [5.74, 6) is -0.244. The van der Waals surface area contributed by atoms with Crippen LogP contribution in [0.25, 0.3) is 0 Å². The van der Waals surface area contributed by atoms with Gasteiger partial charge in [0.1, 0.15) is 0 Å². The lowest BCUT2D eigenvalue weighted by Gasteiger charge is -2.08. The van der Waals surface area contributed by atoms with Gasteiger partial charge in [0, 0.05) is 24.6 Å². The zero-order chi connectivity index (χ0) is 14.0. The Labute approximate surface area is 137 Å². The van der Waals surface area contributed by atoms with Gasteiger partial charge >= 0.3 is 0 Å². The molecule has 0 aliphatic heterocycles. The molecule has 1 N–H and O–H groups in total. The van der Waals surface area contributed by atoms with E-state index in [2.05, 4.69) is 37.2 Å². The summed E-state index contributed by atoms with van der Waals surface area (Å²) >= 11 is 18.4. The van der Waals surface area contributed by atoms with Crippen LogP contribution in [0.2, 0.25) is 10.0 Å². The molecule has 0 aliphatic carbocycles. The average molecular weight is 424 g/mol. The van der Waals surface area contributed by atoms with Crippen LogP contribution in [0.4, 0.5) is 5.69 Å². The van der Waals surface area contributed by atoms with E-state index >= 15 is 0 Å². The first kappa shape index (κ1) is 14.9. The first-order valence-corrected chi connectivity index (χ1v) is 7.52. The third-order valence-corrected chi connectivity index (χ3v) is 3.87. The number of hydrogen-bond acceptors (Lipinski definition) is 1. The zero-order valence-electron chi connectivity index (χ0n) is 9.38. The molecule has 0 fully saturated rings. The van der Waals surface area contributed by atoms with Crippen LogP contribution in [0.3, 0.4) is 0 Å². The van der Waals surface area contributed by atoms with Gasteiger partial charge in [-0.25, -0.2) is 0 Å². The van der Waals surface area contributed by atoms with Crippen molar-refractivity contribution in [2.45, 2.75) is 0 Å². The fourth-order valence-corrected chi connectivity index (χ4v) is 3.11. The number of carbonyl (C=O) groups excluding carboxylic acids is 1. The maximum atomic E-state index is 12.1. The van der Waals surface area contributed by atoms with Crippen molar-refractivity contribution in [2.75, 3.05) is 5.32 Å². The van der Waals surface area contributed by atoms with Crippen LogP contribution in [0, 0.1) is 0 Å². The molecule has 19 heavy (non-hydrogen) atoms. The lowest BCUT2D eigenvalue weighted by atomic mass is 10.2. The molecule has 0 saturated carbocycles. The van der Waals surface area contributed by atoms with Crippen molar-refractivity contribution in [3.05, 3.63) is 61.0 Å². The number of carbonyl (C=O) groups is 1. The van der Waals surface area contributed by atoms with Gasteiger partial charge in [0.15, 0.2) is 0 Å². The largest absolute Gasteiger partial charge is 0.321 e. The molecular weight excluding hydrogens is 417 g/mol. The summed E-state index contributed by atoms with van der Waals surface area (Å²) in [7, 11) is 0. The lowest BCUT2D eigenvalue weighted by molar-refractivity contribution is 0.102. The van der Waals surface area contributed by atoms with Gasteiger partial charge in [-0.15, -0.1) is 0 Å². The Balaban J connectivity index is 2.25. The Morgan fingerprint density at radius 3 is 2.37 bits per heavy atom. The highest BCUT2D eigenvalue weighted by molar-refractivity contribution is 9.10. The number of amides is 1. The molecule has 98 valence electrons. The number of rotatable bonds is 2. The Kier molecular flexibility index (Phi) is 4.90. The average Bonchev–Trinajstić information content (AvgIpc) is 2.31. The lowest BCUT2D eigenvalue weighted by Crippen LogP contribution is -2.12. The molecule has 0 aromatic heterocycles. The summed E-state index contributed by atoms with van der Waals surface area (Å²) in [5, 5.41) is 3.87. The van der Waals surface area contributed by atoms with Crippen LogP contribution < -0.4 is 5.32 Å². The minimum absolute atomic E-state index is 0.244. The molecule has 0 bridgehead atoms. The van der Waals surface area contributed by atoms with Gasteiger partial charge < -0.3 is 5.32 Å². The smallest absolute Gasteiger partial charge is 0.255 e. The summed E-state index contributed by atoms with van der Waals surface area (Å²) < 4.78 is 1.47. The number of nitrogens with one attached hydrogen (secondary N) is 1. The minimum Gasteiger partial charge on any atom is -0.321 e. The van der Waals surface area contributed by atoms with Gasteiger partial charge in [-0.3, -0.25) is 4.79 Å². The van der Waals surface area contributed by atoms with E-state index < -0.39 is 0 Å². The van der Waals surface area contributed by atoms with Crippen molar-refractivity contribution < 1.29 is 4.79 Å². The summed E-state index contributed by atoms with van der Waals surface area (Å²) in [6.45, 7) is 0. The van der Waals surface area contributed by atoms with E-state index in [0.29, 0.717) is 21.3 Å². The summed E-state index contributed by atoms with van der Waals surface area (Å²) in [6.07, 6.45) is 0. The van der Waals surface area contributed by atoms with E-state index in [9.17, 15) is 4.79 Å². The highest BCUT2D eigenvalue weighted by atomic mass is 79.9. The molecule has 0 aliphatic rings. The van der Waals surface area contributed by atoms with E-state index in [1.54, 1.807) is 36.4 Å². The van der Waals surface area contributed by atoms with Gasteiger partial charge in [-0.2, -0.15) is 0 Å². The third-order valence-electron chi connectivity index (χ3n) is 2.30. The summed E-state index contributed by atoms with van der Waals surface area (Å²) in [4.78, 5) is 12.1. The number of halogens is 4. The maximum absolute atomic E-state index is 12.1.